The predicted molar refractivity (Wildman–Crippen MR) is 46.9 cm³/mol. The van der Waals surface area contributed by atoms with E-state index >= 15 is 0 Å². The molecule has 0 amide bonds. The summed E-state index contributed by atoms with van der Waals surface area (Å²) >= 11 is 0. The lowest BCUT2D eigenvalue weighted by Crippen LogP contribution is -2.23. The van der Waals surface area contributed by atoms with Crippen molar-refractivity contribution in [2.75, 3.05) is 11.9 Å². The summed E-state index contributed by atoms with van der Waals surface area (Å²) in [7, 11) is 1.73. The molecule has 0 unspecified atom stereocenters. The van der Waals surface area contributed by atoms with Gasteiger partial charge in [0.05, 0.1) is 5.69 Å². The van der Waals surface area contributed by atoms with Gasteiger partial charge in [0.25, 0.3) is 0 Å². The van der Waals surface area contributed by atoms with Crippen molar-refractivity contribution < 1.29 is 4.79 Å². The summed E-state index contributed by atoms with van der Waals surface area (Å²) in [5, 5.41) is 7.42. The van der Waals surface area contributed by atoms with Crippen molar-refractivity contribution in [3.63, 3.8) is 0 Å². The SMILES string of the molecule is CN1C(=N)C(=O)c2ccccc21. The number of anilines is 1. The standard InChI is InChI=1S/C9H8N2O/c1-11-7-5-3-2-4-6(7)8(12)9(11)10/h2-5,10H,1H3. The van der Waals surface area contributed by atoms with Crippen LogP contribution in [-0.2, 0) is 0 Å². The minimum atomic E-state index is -0.187. The molecule has 1 aliphatic rings. The van der Waals surface area contributed by atoms with Crippen LogP contribution >= 0.6 is 0 Å². The number of carbonyl (C=O) groups is 1. The smallest absolute Gasteiger partial charge is 0.229 e. The minimum absolute atomic E-state index is 0.0520. The summed E-state index contributed by atoms with van der Waals surface area (Å²) in [6, 6.07) is 7.26. The van der Waals surface area contributed by atoms with E-state index in [2.05, 4.69) is 0 Å². The highest BCUT2D eigenvalue weighted by atomic mass is 16.1. The van der Waals surface area contributed by atoms with Gasteiger partial charge in [0.2, 0.25) is 5.78 Å². The molecule has 12 heavy (non-hydrogen) atoms. The maximum absolute atomic E-state index is 11.3. The van der Waals surface area contributed by atoms with Gasteiger partial charge in [-0.2, -0.15) is 0 Å². The summed E-state index contributed by atoms with van der Waals surface area (Å²) in [4.78, 5) is 12.9. The number of fused-ring (bicyclic) bond motifs is 1. The maximum atomic E-state index is 11.3. The monoisotopic (exact) mass is 160 g/mol. The third-order valence-corrected chi connectivity index (χ3v) is 2.06. The summed E-state index contributed by atoms with van der Waals surface area (Å²) in [5.74, 6) is -0.135. The molecule has 0 saturated carbocycles. The molecule has 0 aromatic heterocycles. The second-order valence-electron chi connectivity index (χ2n) is 2.75. The molecular formula is C9H8N2O. The molecule has 1 aromatic carbocycles. The fraction of sp³-hybridized carbons (Fsp3) is 0.111. The molecule has 1 heterocycles. The number of ketones is 1. The Hall–Kier alpha value is -1.64. The van der Waals surface area contributed by atoms with Gasteiger partial charge in [-0.1, -0.05) is 12.1 Å². The number of para-hydroxylation sites is 1. The van der Waals surface area contributed by atoms with Crippen LogP contribution in [0.4, 0.5) is 5.69 Å². The Labute approximate surface area is 70.1 Å². The van der Waals surface area contributed by atoms with E-state index in [0.29, 0.717) is 5.56 Å². The second kappa shape index (κ2) is 2.17. The van der Waals surface area contributed by atoms with E-state index in [9.17, 15) is 4.79 Å². The van der Waals surface area contributed by atoms with Crippen molar-refractivity contribution in [3.05, 3.63) is 29.8 Å². The fourth-order valence-electron chi connectivity index (χ4n) is 1.36. The molecule has 1 aromatic rings. The van der Waals surface area contributed by atoms with Crippen LogP contribution in [0.25, 0.3) is 0 Å². The van der Waals surface area contributed by atoms with Crippen LogP contribution in [0.2, 0.25) is 0 Å². The molecule has 1 N–H and O–H groups in total. The maximum Gasteiger partial charge on any atom is 0.229 e. The molecule has 0 atom stereocenters. The van der Waals surface area contributed by atoms with Crippen LogP contribution in [0.15, 0.2) is 24.3 Å². The number of hydrogen-bond donors (Lipinski definition) is 1. The van der Waals surface area contributed by atoms with Gasteiger partial charge < -0.3 is 4.90 Å². The number of carbonyl (C=O) groups excluding carboxylic acids is 1. The van der Waals surface area contributed by atoms with Gasteiger partial charge in [-0.05, 0) is 12.1 Å². The number of nitrogens with zero attached hydrogens (tertiary/aromatic N) is 1. The van der Waals surface area contributed by atoms with Gasteiger partial charge in [-0.25, -0.2) is 0 Å². The third kappa shape index (κ3) is 0.704. The van der Waals surface area contributed by atoms with Crippen molar-refractivity contribution in [1.29, 1.82) is 5.41 Å². The molecule has 0 bridgehead atoms. The first kappa shape index (κ1) is 7.03. The molecule has 3 heteroatoms. The molecule has 1 aliphatic heterocycles. The van der Waals surface area contributed by atoms with Crippen LogP contribution in [0, 0.1) is 5.41 Å². The zero-order valence-electron chi connectivity index (χ0n) is 6.66. The van der Waals surface area contributed by atoms with Gasteiger partial charge in [0.1, 0.15) is 0 Å². The first-order valence-electron chi connectivity index (χ1n) is 3.68. The molecule has 0 spiro atoms. The number of Topliss-reactive ketones (excluding diaryl/α,β-unsaturated/α-hetero) is 1. The molecule has 0 fully saturated rings. The van der Waals surface area contributed by atoms with E-state index in [4.69, 9.17) is 5.41 Å². The van der Waals surface area contributed by atoms with Crippen LogP contribution in [-0.4, -0.2) is 18.7 Å². The van der Waals surface area contributed by atoms with Crippen LogP contribution in [0.1, 0.15) is 10.4 Å². The first-order chi connectivity index (χ1) is 5.72. The Bertz CT molecular complexity index is 371. The molecule has 0 saturated heterocycles. The molecular weight excluding hydrogens is 152 g/mol. The van der Waals surface area contributed by atoms with Gasteiger partial charge in [0, 0.05) is 12.6 Å². The van der Waals surface area contributed by atoms with E-state index < -0.39 is 0 Å². The minimum Gasteiger partial charge on any atom is -0.326 e. The van der Waals surface area contributed by atoms with E-state index in [1.807, 2.05) is 18.2 Å². The van der Waals surface area contributed by atoms with E-state index in [1.54, 1.807) is 18.0 Å². The number of amidine groups is 1. The summed E-state index contributed by atoms with van der Waals surface area (Å²) in [6.07, 6.45) is 0. The van der Waals surface area contributed by atoms with Crippen LogP contribution in [0.3, 0.4) is 0 Å². The highest BCUT2D eigenvalue weighted by Crippen LogP contribution is 2.26. The number of likely N-dealkylation sites (N-methyl/N-ethyl adjacent to an activating group) is 1. The van der Waals surface area contributed by atoms with Gasteiger partial charge >= 0.3 is 0 Å². The lowest BCUT2D eigenvalue weighted by Gasteiger charge is -2.09. The molecule has 0 aliphatic carbocycles. The van der Waals surface area contributed by atoms with Crippen molar-refractivity contribution >= 4 is 17.3 Å². The highest BCUT2D eigenvalue weighted by Gasteiger charge is 2.28. The van der Waals surface area contributed by atoms with E-state index in [-0.39, 0.29) is 11.6 Å². The highest BCUT2D eigenvalue weighted by molar-refractivity contribution is 6.53. The lowest BCUT2D eigenvalue weighted by atomic mass is 10.1. The normalized spacial score (nSPS) is 15.2. The number of rotatable bonds is 0. The topological polar surface area (TPSA) is 44.2 Å². The van der Waals surface area contributed by atoms with Crippen molar-refractivity contribution in [2.24, 2.45) is 0 Å². The zero-order valence-corrected chi connectivity index (χ0v) is 6.66. The molecule has 60 valence electrons. The van der Waals surface area contributed by atoms with Crippen molar-refractivity contribution in [1.82, 2.24) is 0 Å². The predicted octanol–water partition coefficient (Wildman–Crippen LogP) is 1.30. The average Bonchev–Trinajstić information content (AvgIpc) is 2.33. The van der Waals surface area contributed by atoms with Crippen molar-refractivity contribution in [3.8, 4) is 0 Å². The Morgan fingerprint density at radius 3 is 2.67 bits per heavy atom. The van der Waals surface area contributed by atoms with Gasteiger partial charge in [-0.15, -0.1) is 0 Å². The average molecular weight is 160 g/mol. The van der Waals surface area contributed by atoms with Gasteiger partial charge in [-0.3, -0.25) is 10.2 Å². The zero-order chi connectivity index (χ0) is 8.72. The largest absolute Gasteiger partial charge is 0.326 e. The first-order valence-corrected chi connectivity index (χ1v) is 3.68. The number of nitrogens with one attached hydrogen (secondary N) is 1. The van der Waals surface area contributed by atoms with E-state index in [0.717, 1.165) is 5.69 Å². The Kier molecular flexibility index (Phi) is 1.27. The third-order valence-electron chi connectivity index (χ3n) is 2.06. The fourth-order valence-corrected chi connectivity index (χ4v) is 1.36. The van der Waals surface area contributed by atoms with E-state index in [1.165, 1.54) is 0 Å². The summed E-state index contributed by atoms with van der Waals surface area (Å²) in [6.45, 7) is 0. The number of benzene rings is 1. The summed E-state index contributed by atoms with van der Waals surface area (Å²) < 4.78 is 0. The Balaban J connectivity index is 2.67. The molecule has 2 rings (SSSR count). The quantitative estimate of drug-likeness (QED) is 0.621. The lowest BCUT2D eigenvalue weighted by molar-refractivity contribution is 0.106. The second-order valence-corrected chi connectivity index (χ2v) is 2.75. The van der Waals surface area contributed by atoms with Crippen LogP contribution < -0.4 is 4.90 Å². The molecule has 3 nitrogen and oxygen atoms in total. The van der Waals surface area contributed by atoms with Crippen LogP contribution in [0.5, 0.6) is 0 Å². The Morgan fingerprint density at radius 1 is 1.33 bits per heavy atom. The summed E-state index contributed by atoms with van der Waals surface area (Å²) in [5.41, 5.74) is 1.46. The number of hydrogen-bond acceptors (Lipinski definition) is 2. The molecule has 0 radical (unpaired) electrons. The Morgan fingerprint density at radius 2 is 2.00 bits per heavy atom. The van der Waals surface area contributed by atoms with Crippen molar-refractivity contribution in [2.45, 2.75) is 0 Å². The van der Waals surface area contributed by atoms with Gasteiger partial charge in [0.15, 0.2) is 5.84 Å².